The molecule has 0 aromatic carbocycles. The molecule has 0 unspecified atom stereocenters. The van der Waals surface area contributed by atoms with Gasteiger partial charge in [-0.25, -0.2) is 0 Å². The molecule has 0 spiro atoms. The van der Waals surface area contributed by atoms with Gasteiger partial charge >= 0.3 is 0 Å². The summed E-state index contributed by atoms with van der Waals surface area (Å²) in [5, 5.41) is 0. The highest BCUT2D eigenvalue weighted by molar-refractivity contribution is 5.88. The lowest BCUT2D eigenvalue weighted by atomic mass is 10.0. The van der Waals surface area contributed by atoms with E-state index in [0.29, 0.717) is 12.2 Å². The molecule has 1 heterocycles. The summed E-state index contributed by atoms with van der Waals surface area (Å²) in [6, 6.07) is 0. The Kier molecular flexibility index (Phi) is 3.43. The van der Waals surface area contributed by atoms with Crippen molar-refractivity contribution >= 4 is 5.78 Å². The van der Waals surface area contributed by atoms with Crippen LogP contribution < -0.4 is 4.74 Å². The molecule has 1 aliphatic rings. The van der Waals surface area contributed by atoms with Crippen LogP contribution in [0.15, 0.2) is 6.20 Å². The van der Waals surface area contributed by atoms with E-state index in [1.54, 1.807) is 13.3 Å². The third-order valence-electron chi connectivity index (χ3n) is 5.43. The molecule has 0 saturated heterocycles. The first-order valence-corrected chi connectivity index (χ1v) is 7.16. The number of pyridine rings is 1. The highest BCUT2D eigenvalue weighted by Gasteiger charge is 2.67. The summed E-state index contributed by atoms with van der Waals surface area (Å²) in [6.07, 6.45) is 2.19. The number of methoxy groups -OCH3 is 1. The molecule has 0 radical (unpaired) electrons. The van der Waals surface area contributed by atoms with E-state index in [0.717, 1.165) is 22.6 Å². The summed E-state index contributed by atoms with van der Waals surface area (Å²) in [7, 11) is 1.66. The first kappa shape index (κ1) is 15.0. The van der Waals surface area contributed by atoms with E-state index in [9.17, 15) is 4.79 Å². The van der Waals surface area contributed by atoms with Gasteiger partial charge in [0.25, 0.3) is 0 Å². The van der Waals surface area contributed by atoms with E-state index in [1.807, 2.05) is 13.8 Å². The Labute approximate surface area is 121 Å². The summed E-state index contributed by atoms with van der Waals surface area (Å²) in [6.45, 7) is 12.6. The van der Waals surface area contributed by atoms with Gasteiger partial charge < -0.3 is 4.74 Å². The van der Waals surface area contributed by atoms with Crippen molar-refractivity contribution in [3.05, 3.63) is 23.0 Å². The molecule has 110 valence electrons. The zero-order valence-electron chi connectivity index (χ0n) is 13.6. The van der Waals surface area contributed by atoms with Crippen LogP contribution in [0.5, 0.6) is 5.75 Å². The van der Waals surface area contributed by atoms with Gasteiger partial charge in [0, 0.05) is 29.7 Å². The van der Waals surface area contributed by atoms with Crippen LogP contribution in [0.4, 0.5) is 0 Å². The molecule has 3 nitrogen and oxygen atoms in total. The second-order valence-electron chi connectivity index (χ2n) is 7.07. The Morgan fingerprint density at radius 2 is 1.80 bits per heavy atom. The molecule has 20 heavy (non-hydrogen) atoms. The number of hydrogen-bond acceptors (Lipinski definition) is 3. The third kappa shape index (κ3) is 2.04. The van der Waals surface area contributed by atoms with Crippen molar-refractivity contribution in [3.63, 3.8) is 0 Å². The molecule has 0 amide bonds. The fourth-order valence-electron chi connectivity index (χ4n) is 3.52. The Hall–Kier alpha value is -1.38. The molecule has 1 saturated carbocycles. The molecular formula is C17H25NO2. The second kappa shape index (κ2) is 4.57. The number of Topliss-reactive ketones (excluding diaryl/α,β-unsaturated/α-hetero) is 1. The van der Waals surface area contributed by atoms with Crippen LogP contribution in [0.25, 0.3) is 0 Å². The minimum absolute atomic E-state index is 0.0901. The molecule has 1 aromatic heterocycles. The van der Waals surface area contributed by atoms with Gasteiger partial charge in [-0.15, -0.1) is 0 Å². The van der Waals surface area contributed by atoms with E-state index in [4.69, 9.17) is 4.74 Å². The first-order chi connectivity index (χ1) is 9.14. The molecule has 0 aliphatic heterocycles. The molecule has 1 aliphatic carbocycles. The molecule has 1 aromatic rings. The third-order valence-corrected chi connectivity index (χ3v) is 5.43. The molecule has 0 N–H and O–H groups in total. The Morgan fingerprint density at radius 3 is 2.25 bits per heavy atom. The van der Waals surface area contributed by atoms with E-state index in [2.05, 4.69) is 32.7 Å². The fourth-order valence-corrected chi connectivity index (χ4v) is 3.52. The summed E-state index contributed by atoms with van der Waals surface area (Å²) in [4.78, 5) is 17.0. The van der Waals surface area contributed by atoms with Crippen LogP contribution in [-0.2, 0) is 11.2 Å². The summed E-state index contributed by atoms with van der Waals surface area (Å²) in [5.74, 6) is 1.27. The topological polar surface area (TPSA) is 39.2 Å². The predicted octanol–water partition coefficient (Wildman–Crippen LogP) is 3.50. The van der Waals surface area contributed by atoms with Gasteiger partial charge in [0.1, 0.15) is 11.5 Å². The van der Waals surface area contributed by atoms with E-state index < -0.39 is 0 Å². The molecule has 0 atom stereocenters. The zero-order valence-corrected chi connectivity index (χ0v) is 13.6. The number of nitrogens with zero attached hydrogens (tertiary/aromatic N) is 1. The lowest BCUT2D eigenvalue weighted by Gasteiger charge is -2.12. The number of aryl methyl sites for hydroxylation is 1. The predicted molar refractivity (Wildman–Crippen MR) is 80.0 cm³/mol. The van der Waals surface area contributed by atoms with Crippen LogP contribution in [0, 0.1) is 30.6 Å². The van der Waals surface area contributed by atoms with Gasteiger partial charge in [-0.1, -0.05) is 27.7 Å². The standard InChI is InChI=1S/C17H25NO2/c1-10-9-18-12(11(2)14(10)20-7)8-13(19)15-16(3,4)17(15,5)6/h9,15H,8H2,1-7H3. The van der Waals surface area contributed by atoms with Crippen LogP contribution in [-0.4, -0.2) is 17.9 Å². The van der Waals surface area contributed by atoms with Crippen LogP contribution in [0.3, 0.4) is 0 Å². The Balaban J connectivity index is 2.23. The van der Waals surface area contributed by atoms with Crippen molar-refractivity contribution in [1.29, 1.82) is 0 Å². The maximum Gasteiger partial charge on any atom is 0.143 e. The highest BCUT2D eigenvalue weighted by Crippen LogP contribution is 2.68. The number of hydrogen-bond donors (Lipinski definition) is 0. The number of carbonyl (C=O) groups excluding carboxylic acids is 1. The van der Waals surface area contributed by atoms with Gasteiger partial charge in [-0.05, 0) is 24.7 Å². The molecule has 2 rings (SSSR count). The van der Waals surface area contributed by atoms with Crippen molar-refractivity contribution in [3.8, 4) is 5.75 Å². The lowest BCUT2D eigenvalue weighted by Crippen LogP contribution is -2.13. The van der Waals surface area contributed by atoms with Gasteiger partial charge in [0.15, 0.2) is 0 Å². The average Bonchev–Trinajstić information content (AvgIpc) is 2.74. The number of ether oxygens (including phenoxy) is 1. The van der Waals surface area contributed by atoms with Crippen LogP contribution in [0.2, 0.25) is 0 Å². The van der Waals surface area contributed by atoms with Crippen LogP contribution in [0.1, 0.15) is 44.5 Å². The zero-order chi connectivity index (χ0) is 15.3. The molecular weight excluding hydrogens is 250 g/mol. The van der Waals surface area contributed by atoms with Gasteiger partial charge in [0.05, 0.1) is 12.8 Å². The number of aromatic nitrogens is 1. The largest absolute Gasteiger partial charge is 0.496 e. The minimum Gasteiger partial charge on any atom is -0.496 e. The van der Waals surface area contributed by atoms with E-state index >= 15 is 0 Å². The number of ketones is 1. The van der Waals surface area contributed by atoms with Gasteiger partial charge in [-0.3, -0.25) is 9.78 Å². The van der Waals surface area contributed by atoms with E-state index in [-0.39, 0.29) is 16.7 Å². The number of rotatable bonds is 4. The van der Waals surface area contributed by atoms with Gasteiger partial charge in [0.2, 0.25) is 0 Å². The van der Waals surface area contributed by atoms with Crippen molar-refractivity contribution in [1.82, 2.24) is 4.98 Å². The normalized spacial score (nSPS) is 19.8. The molecule has 1 fully saturated rings. The van der Waals surface area contributed by atoms with Crippen LogP contribution >= 0.6 is 0 Å². The Morgan fingerprint density at radius 1 is 1.25 bits per heavy atom. The lowest BCUT2D eigenvalue weighted by molar-refractivity contribution is -0.120. The molecule has 0 bridgehead atoms. The SMILES string of the molecule is COc1c(C)cnc(CC(=O)C2C(C)(C)C2(C)C)c1C. The smallest absolute Gasteiger partial charge is 0.143 e. The Bertz CT molecular complexity index is 544. The maximum absolute atomic E-state index is 12.6. The quantitative estimate of drug-likeness (QED) is 0.844. The van der Waals surface area contributed by atoms with Crippen molar-refractivity contribution < 1.29 is 9.53 Å². The number of carbonyl (C=O) groups is 1. The average molecular weight is 275 g/mol. The summed E-state index contributed by atoms with van der Waals surface area (Å²) >= 11 is 0. The van der Waals surface area contributed by atoms with Crippen molar-refractivity contribution in [2.75, 3.05) is 7.11 Å². The molecule has 3 heteroatoms. The monoisotopic (exact) mass is 275 g/mol. The van der Waals surface area contributed by atoms with Gasteiger partial charge in [-0.2, -0.15) is 0 Å². The van der Waals surface area contributed by atoms with Crippen molar-refractivity contribution in [2.24, 2.45) is 16.7 Å². The summed E-state index contributed by atoms with van der Waals surface area (Å²) < 4.78 is 5.40. The van der Waals surface area contributed by atoms with Crippen molar-refractivity contribution in [2.45, 2.75) is 48.0 Å². The maximum atomic E-state index is 12.6. The minimum atomic E-state index is 0.0901. The highest BCUT2D eigenvalue weighted by atomic mass is 16.5. The second-order valence-corrected chi connectivity index (χ2v) is 7.07. The summed E-state index contributed by atoms with van der Waals surface area (Å²) in [5.41, 5.74) is 3.01. The van der Waals surface area contributed by atoms with E-state index in [1.165, 1.54) is 0 Å². The first-order valence-electron chi connectivity index (χ1n) is 7.16. The fraction of sp³-hybridized carbons (Fsp3) is 0.647.